The predicted octanol–water partition coefficient (Wildman–Crippen LogP) is 2.52. The van der Waals surface area contributed by atoms with Gasteiger partial charge in [-0.25, -0.2) is 0 Å². The van der Waals surface area contributed by atoms with Crippen molar-refractivity contribution in [3.05, 3.63) is 59.7 Å². The fourth-order valence-corrected chi connectivity index (χ4v) is 2.33. The fraction of sp³-hybridized carbons (Fsp3) is 0.300. The fourth-order valence-electron chi connectivity index (χ4n) is 2.33. The van der Waals surface area contributed by atoms with Crippen LogP contribution in [0.4, 0.5) is 11.4 Å². The number of anilines is 2. The van der Waals surface area contributed by atoms with E-state index in [2.05, 4.69) is 10.6 Å². The third kappa shape index (κ3) is 5.98. The minimum absolute atomic E-state index is 0.0446. The largest absolute Gasteiger partial charge is 0.326 e. The summed E-state index contributed by atoms with van der Waals surface area (Å²) in [7, 11) is 3.85. The molecule has 0 bridgehead atoms. The van der Waals surface area contributed by atoms with Crippen LogP contribution in [0.3, 0.4) is 0 Å². The minimum atomic E-state index is -0.735. The topological polar surface area (TPSA) is 87.5 Å². The Morgan fingerprint density at radius 3 is 2.04 bits per heavy atom. The molecule has 2 aromatic rings. The number of rotatable bonds is 7. The molecule has 0 fully saturated rings. The van der Waals surface area contributed by atoms with Crippen LogP contribution in [0.15, 0.2) is 48.5 Å². The van der Waals surface area contributed by atoms with E-state index < -0.39 is 6.04 Å². The molecule has 0 heterocycles. The molecule has 0 aliphatic rings. The van der Waals surface area contributed by atoms with Gasteiger partial charge in [-0.05, 0) is 50.8 Å². The quantitative estimate of drug-likeness (QED) is 0.713. The minimum Gasteiger partial charge on any atom is -0.326 e. The number of nitrogens with one attached hydrogen (secondary N) is 2. The van der Waals surface area contributed by atoms with Crippen LogP contribution in [0.1, 0.15) is 23.6 Å². The van der Waals surface area contributed by atoms with Gasteiger partial charge in [0.05, 0.1) is 0 Å². The van der Waals surface area contributed by atoms with E-state index in [1.807, 2.05) is 50.2 Å². The molecule has 138 valence electrons. The number of carbonyl (C=O) groups is 2. The number of carbonyl (C=O) groups excluding carboxylic acids is 2. The van der Waals surface area contributed by atoms with Crippen LogP contribution in [0.5, 0.6) is 0 Å². The Bertz CT molecular complexity index is 739. The lowest BCUT2D eigenvalue weighted by atomic mass is 10.1. The maximum atomic E-state index is 12.3. The van der Waals surface area contributed by atoms with Crippen LogP contribution in [0.25, 0.3) is 0 Å². The van der Waals surface area contributed by atoms with Crippen molar-refractivity contribution in [2.45, 2.75) is 19.4 Å². The number of hydrogen-bond acceptors (Lipinski definition) is 4. The Labute approximate surface area is 154 Å². The summed E-state index contributed by atoms with van der Waals surface area (Å²) in [5.74, 6) is -0.325. The first-order valence-corrected chi connectivity index (χ1v) is 8.53. The van der Waals surface area contributed by atoms with Gasteiger partial charge in [0.2, 0.25) is 11.8 Å². The van der Waals surface area contributed by atoms with Crippen molar-refractivity contribution in [3.63, 3.8) is 0 Å². The molecular weight excluding hydrogens is 328 g/mol. The van der Waals surface area contributed by atoms with Crippen LogP contribution in [0, 0.1) is 6.92 Å². The van der Waals surface area contributed by atoms with Gasteiger partial charge in [0.25, 0.3) is 0 Å². The molecule has 0 aliphatic carbocycles. The summed E-state index contributed by atoms with van der Waals surface area (Å²) in [6.45, 7) is 2.67. The molecule has 0 aliphatic heterocycles. The van der Waals surface area contributed by atoms with Gasteiger partial charge in [-0.2, -0.15) is 0 Å². The van der Waals surface area contributed by atoms with Gasteiger partial charge < -0.3 is 21.3 Å². The van der Waals surface area contributed by atoms with Crippen molar-refractivity contribution >= 4 is 23.2 Å². The summed E-state index contributed by atoms with van der Waals surface area (Å²) in [5, 5.41) is 5.62. The van der Waals surface area contributed by atoms with Crippen molar-refractivity contribution in [1.29, 1.82) is 0 Å². The standard InChI is InChI=1S/C20H26N4O2/c1-14-4-6-15(7-5-14)19(21)20(26)23-17-10-8-16(9-11-17)22-18(25)12-13-24(2)3/h4-11,19H,12-13,21H2,1-3H3,(H,22,25)(H,23,26). The number of nitrogens with two attached hydrogens (primary N) is 1. The Morgan fingerprint density at radius 1 is 0.962 bits per heavy atom. The van der Waals surface area contributed by atoms with Crippen molar-refractivity contribution in [3.8, 4) is 0 Å². The van der Waals surface area contributed by atoms with Gasteiger partial charge in [0.15, 0.2) is 0 Å². The predicted molar refractivity (Wildman–Crippen MR) is 105 cm³/mol. The number of nitrogens with zero attached hydrogens (tertiary/aromatic N) is 1. The highest BCUT2D eigenvalue weighted by molar-refractivity contribution is 5.96. The highest BCUT2D eigenvalue weighted by Crippen LogP contribution is 2.17. The lowest BCUT2D eigenvalue weighted by Crippen LogP contribution is -2.27. The molecule has 26 heavy (non-hydrogen) atoms. The molecule has 1 unspecified atom stereocenters. The molecule has 0 radical (unpaired) electrons. The molecule has 6 nitrogen and oxygen atoms in total. The Morgan fingerprint density at radius 2 is 1.50 bits per heavy atom. The van der Waals surface area contributed by atoms with E-state index in [4.69, 9.17) is 5.73 Å². The van der Waals surface area contributed by atoms with Gasteiger partial charge in [-0.15, -0.1) is 0 Å². The Kier molecular flexibility index (Phi) is 6.89. The molecule has 2 aromatic carbocycles. The SMILES string of the molecule is Cc1ccc(C(N)C(=O)Nc2ccc(NC(=O)CCN(C)C)cc2)cc1. The second-order valence-electron chi connectivity index (χ2n) is 6.56. The van der Waals surface area contributed by atoms with Gasteiger partial charge in [-0.3, -0.25) is 9.59 Å². The van der Waals surface area contributed by atoms with Crippen LogP contribution < -0.4 is 16.4 Å². The monoisotopic (exact) mass is 354 g/mol. The van der Waals surface area contributed by atoms with E-state index in [0.717, 1.165) is 11.1 Å². The number of hydrogen-bond donors (Lipinski definition) is 3. The van der Waals surface area contributed by atoms with E-state index in [1.54, 1.807) is 24.3 Å². The Balaban J connectivity index is 1.90. The molecule has 4 N–H and O–H groups in total. The maximum absolute atomic E-state index is 12.3. The van der Waals surface area contributed by atoms with Crippen LogP contribution in [-0.4, -0.2) is 37.4 Å². The highest BCUT2D eigenvalue weighted by atomic mass is 16.2. The first kappa shape index (κ1) is 19.6. The molecule has 2 amide bonds. The van der Waals surface area contributed by atoms with E-state index in [1.165, 1.54) is 0 Å². The molecule has 1 atom stereocenters. The van der Waals surface area contributed by atoms with Gasteiger partial charge in [0.1, 0.15) is 6.04 Å². The second kappa shape index (κ2) is 9.12. The summed E-state index contributed by atoms with van der Waals surface area (Å²) >= 11 is 0. The van der Waals surface area contributed by atoms with Crippen LogP contribution >= 0.6 is 0 Å². The van der Waals surface area contributed by atoms with Gasteiger partial charge >= 0.3 is 0 Å². The zero-order valence-electron chi connectivity index (χ0n) is 15.5. The second-order valence-corrected chi connectivity index (χ2v) is 6.56. The van der Waals surface area contributed by atoms with Crippen molar-refractivity contribution in [1.82, 2.24) is 4.90 Å². The number of aryl methyl sites for hydroxylation is 1. The number of amides is 2. The first-order valence-electron chi connectivity index (χ1n) is 8.53. The lowest BCUT2D eigenvalue weighted by molar-refractivity contribution is -0.117. The molecular formula is C20H26N4O2. The van der Waals surface area contributed by atoms with Crippen molar-refractivity contribution in [2.24, 2.45) is 5.73 Å². The Hall–Kier alpha value is -2.70. The summed E-state index contributed by atoms with van der Waals surface area (Å²) in [4.78, 5) is 26.1. The normalized spacial score (nSPS) is 11.9. The lowest BCUT2D eigenvalue weighted by Gasteiger charge is -2.13. The third-order valence-corrected chi connectivity index (χ3v) is 3.94. The van der Waals surface area contributed by atoms with Crippen LogP contribution in [-0.2, 0) is 9.59 Å². The van der Waals surface area contributed by atoms with E-state index in [-0.39, 0.29) is 11.8 Å². The van der Waals surface area contributed by atoms with E-state index in [9.17, 15) is 9.59 Å². The van der Waals surface area contributed by atoms with Gasteiger partial charge in [0, 0.05) is 24.3 Å². The maximum Gasteiger partial charge on any atom is 0.245 e. The summed E-state index contributed by atoms with van der Waals surface area (Å²) in [5.41, 5.74) is 9.21. The van der Waals surface area contributed by atoms with E-state index in [0.29, 0.717) is 24.3 Å². The summed E-state index contributed by atoms with van der Waals surface area (Å²) in [6.07, 6.45) is 0.427. The molecule has 0 saturated carbocycles. The van der Waals surface area contributed by atoms with Crippen molar-refractivity contribution in [2.75, 3.05) is 31.3 Å². The smallest absolute Gasteiger partial charge is 0.245 e. The van der Waals surface area contributed by atoms with E-state index >= 15 is 0 Å². The van der Waals surface area contributed by atoms with Gasteiger partial charge in [-0.1, -0.05) is 29.8 Å². The molecule has 0 saturated heterocycles. The molecule has 0 aromatic heterocycles. The van der Waals surface area contributed by atoms with Crippen molar-refractivity contribution < 1.29 is 9.59 Å². The zero-order valence-corrected chi connectivity index (χ0v) is 15.5. The average molecular weight is 354 g/mol. The highest BCUT2D eigenvalue weighted by Gasteiger charge is 2.15. The molecule has 6 heteroatoms. The first-order chi connectivity index (χ1) is 12.3. The summed E-state index contributed by atoms with van der Waals surface area (Å²) < 4.78 is 0. The third-order valence-electron chi connectivity index (χ3n) is 3.94. The molecule has 0 spiro atoms. The van der Waals surface area contributed by atoms with Crippen LogP contribution in [0.2, 0.25) is 0 Å². The number of benzene rings is 2. The zero-order chi connectivity index (χ0) is 19.1. The summed E-state index contributed by atoms with van der Waals surface area (Å²) in [6, 6.07) is 13.8. The average Bonchev–Trinajstić information content (AvgIpc) is 2.61. The molecule has 2 rings (SSSR count).